The van der Waals surface area contributed by atoms with Crippen LogP contribution in [0.3, 0.4) is 0 Å². The molecule has 1 aromatic heterocycles. The van der Waals surface area contributed by atoms with Crippen molar-refractivity contribution in [3.05, 3.63) is 18.0 Å². The highest BCUT2D eigenvalue weighted by Gasteiger charge is 2.49. The number of carbonyl (C=O) groups excluding carboxylic acids is 2. The summed E-state index contributed by atoms with van der Waals surface area (Å²) >= 11 is 0. The fourth-order valence-electron chi connectivity index (χ4n) is 5.38. The number of methoxy groups -OCH3 is 1. The molecule has 0 saturated carbocycles. The summed E-state index contributed by atoms with van der Waals surface area (Å²) < 4.78 is 5.00. The number of likely N-dealkylation sites (tertiary alicyclic amines) is 1. The van der Waals surface area contributed by atoms with Gasteiger partial charge in [0.2, 0.25) is 11.8 Å². The first-order valence-corrected chi connectivity index (χ1v) is 10.9. The van der Waals surface area contributed by atoms with Gasteiger partial charge in [0.05, 0.1) is 12.6 Å². The zero-order valence-corrected chi connectivity index (χ0v) is 18.0. The highest BCUT2D eigenvalue weighted by Crippen LogP contribution is 2.41. The first-order valence-electron chi connectivity index (χ1n) is 10.9. The molecule has 0 spiro atoms. The Hall–Kier alpha value is -2.46. The second kappa shape index (κ2) is 11.2. The van der Waals surface area contributed by atoms with E-state index in [0.717, 1.165) is 44.6 Å². The molecule has 10 nitrogen and oxygen atoms in total. The van der Waals surface area contributed by atoms with Crippen LogP contribution in [0.25, 0.3) is 0 Å². The van der Waals surface area contributed by atoms with Crippen molar-refractivity contribution in [3.8, 4) is 0 Å². The van der Waals surface area contributed by atoms with Gasteiger partial charge in [-0.25, -0.2) is 0 Å². The van der Waals surface area contributed by atoms with Crippen LogP contribution in [0.1, 0.15) is 37.8 Å². The lowest BCUT2D eigenvalue weighted by Gasteiger charge is -2.56. The highest BCUT2D eigenvalue weighted by molar-refractivity contribution is 5.78. The first-order chi connectivity index (χ1) is 15.1. The molecule has 3 saturated heterocycles. The molecule has 4 atom stereocenters. The molecule has 2 bridgehead atoms. The number of amides is 2. The molecule has 3 fully saturated rings. The minimum absolute atomic E-state index is 0.00453. The molecule has 2 amide bonds. The fourth-order valence-corrected chi connectivity index (χ4v) is 5.38. The van der Waals surface area contributed by atoms with E-state index in [4.69, 9.17) is 14.6 Å². The zero-order valence-electron chi connectivity index (χ0n) is 18.0. The summed E-state index contributed by atoms with van der Waals surface area (Å²) in [4.78, 5) is 37.9. The third-order valence-electron chi connectivity index (χ3n) is 6.57. The molecule has 4 heterocycles. The van der Waals surface area contributed by atoms with Crippen LogP contribution >= 0.6 is 0 Å². The van der Waals surface area contributed by atoms with E-state index in [1.165, 1.54) is 0 Å². The largest absolute Gasteiger partial charge is 0.483 e. The van der Waals surface area contributed by atoms with Crippen LogP contribution in [0.2, 0.25) is 0 Å². The minimum Gasteiger partial charge on any atom is -0.483 e. The van der Waals surface area contributed by atoms with E-state index >= 15 is 0 Å². The second-order valence-electron chi connectivity index (χ2n) is 8.51. The van der Waals surface area contributed by atoms with E-state index in [1.54, 1.807) is 13.3 Å². The quantitative estimate of drug-likeness (QED) is 0.531. The number of hydrogen-bond acceptors (Lipinski definition) is 6. The van der Waals surface area contributed by atoms with E-state index < -0.39 is 0 Å². The standard InChI is InChI=1S/C20H31N5O3.CH2O2/c1-28-8-6-19(26)21-10-18-15-9-14(17-3-2-4-20(27)25(17)18)11-24(12-15)13-16-5-7-22-23-16;2-1-3/h5,7,14-15,17-18H,2-4,6,8-13H2,1H3,(H,21,26)(H,22,23);1H,(H,2,3)/t14-,15+,17+,18+;/m1./s1. The molecule has 10 heteroatoms. The van der Waals surface area contributed by atoms with Gasteiger partial charge in [0.1, 0.15) is 0 Å². The van der Waals surface area contributed by atoms with Crippen LogP contribution in [0.5, 0.6) is 0 Å². The van der Waals surface area contributed by atoms with Crippen LogP contribution in [0, 0.1) is 11.8 Å². The van der Waals surface area contributed by atoms with Crippen LogP contribution in [-0.2, 0) is 25.7 Å². The van der Waals surface area contributed by atoms with Crippen LogP contribution < -0.4 is 5.32 Å². The van der Waals surface area contributed by atoms with Crippen molar-refractivity contribution < 1.29 is 24.2 Å². The van der Waals surface area contributed by atoms with Gasteiger partial charge >= 0.3 is 0 Å². The normalized spacial score (nSPS) is 27.6. The summed E-state index contributed by atoms with van der Waals surface area (Å²) in [5.41, 5.74) is 1.13. The Morgan fingerprint density at radius 3 is 2.90 bits per heavy atom. The van der Waals surface area contributed by atoms with Crippen molar-refractivity contribution in [1.82, 2.24) is 25.3 Å². The van der Waals surface area contributed by atoms with Gasteiger partial charge in [0.25, 0.3) is 6.47 Å². The maximum atomic E-state index is 12.8. The SMILES string of the molecule is COCCC(=O)NC[C@H]1[C@H]2C[C@H](CN(Cc3ccn[nH]3)C2)[C@@H]2CCCC(=O)N21.O=CO. The number of rotatable bonds is 7. The van der Waals surface area contributed by atoms with Crippen molar-refractivity contribution in [2.75, 3.05) is 33.4 Å². The van der Waals surface area contributed by atoms with E-state index in [1.807, 2.05) is 6.07 Å². The Morgan fingerprint density at radius 1 is 1.42 bits per heavy atom. The second-order valence-corrected chi connectivity index (χ2v) is 8.51. The number of ether oxygens (including phenoxy) is 1. The first kappa shape index (κ1) is 23.2. The lowest BCUT2D eigenvalue weighted by Crippen LogP contribution is -2.67. The van der Waals surface area contributed by atoms with Crippen molar-refractivity contribution >= 4 is 18.3 Å². The Kier molecular flexibility index (Phi) is 8.42. The van der Waals surface area contributed by atoms with E-state index in [9.17, 15) is 9.59 Å². The van der Waals surface area contributed by atoms with Gasteiger partial charge in [-0.15, -0.1) is 0 Å². The van der Waals surface area contributed by atoms with Crippen molar-refractivity contribution in [1.29, 1.82) is 0 Å². The lowest BCUT2D eigenvalue weighted by atomic mass is 9.72. The maximum Gasteiger partial charge on any atom is 0.290 e. The molecule has 0 aromatic carbocycles. The number of H-pyrrole nitrogens is 1. The molecule has 172 valence electrons. The van der Waals surface area contributed by atoms with E-state index in [2.05, 4.69) is 25.3 Å². The summed E-state index contributed by atoms with van der Waals surface area (Å²) in [5, 5.41) is 17.1. The van der Waals surface area contributed by atoms with Gasteiger partial charge in [-0.1, -0.05) is 0 Å². The van der Waals surface area contributed by atoms with Crippen molar-refractivity contribution in [2.45, 2.75) is 50.7 Å². The summed E-state index contributed by atoms with van der Waals surface area (Å²) in [6, 6.07) is 2.42. The number of carboxylic acid groups (broad SMARTS) is 1. The Labute approximate surface area is 182 Å². The Morgan fingerprint density at radius 2 is 2.19 bits per heavy atom. The molecule has 0 radical (unpaired) electrons. The summed E-state index contributed by atoms with van der Waals surface area (Å²) in [6.45, 7) is 3.55. The maximum absolute atomic E-state index is 12.8. The van der Waals surface area contributed by atoms with E-state index in [-0.39, 0.29) is 24.3 Å². The van der Waals surface area contributed by atoms with Gasteiger partial charge < -0.3 is 20.1 Å². The predicted molar refractivity (Wildman–Crippen MR) is 112 cm³/mol. The number of fused-ring (bicyclic) bond motifs is 4. The minimum atomic E-state index is -0.250. The topological polar surface area (TPSA) is 128 Å². The van der Waals surface area contributed by atoms with Crippen LogP contribution in [0.15, 0.2) is 12.3 Å². The number of piperidine rings is 3. The smallest absolute Gasteiger partial charge is 0.290 e. The predicted octanol–water partition coefficient (Wildman–Crippen LogP) is 0.465. The molecule has 3 aliphatic rings. The number of aromatic nitrogens is 2. The summed E-state index contributed by atoms with van der Waals surface area (Å²) in [6.07, 6.45) is 6.00. The molecule has 1 aromatic rings. The van der Waals surface area contributed by atoms with E-state index in [0.29, 0.717) is 43.9 Å². The molecule has 3 aliphatic heterocycles. The summed E-state index contributed by atoms with van der Waals surface area (Å²) in [5.74, 6) is 1.17. The Balaban J connectivity index is 0.000000858. The van der Waals surface area contributed by atoms with Crippen molar-refractivity contribution in [2.24, 2.45) is 11.8 Å². The van der Waals surface area contributed by atoms with Gasteiger partial charge in [0.15, 0.2) is 0 Å². The Bertz CT molecular complexity index is 728. The third-order valence-corrected chi connectivity index (χ3v) is 6.57. The molecule has 0 aliphatic carbocycles. The lowest BCUT2D eigenvalue weighted by molar-refractivity contribution is -0.153. The number of hydrogen-bond donors (Lipinski definition) is 3. The van der Waals surface area contributed by atoms with Crippen molar-refractivity contribution in [3.63, 3.8) is 0 Å². The zero-order chi connectivity index (χ0) is 22.2. The van der Waals surface area contributed by atoms with Crippen LogP contribution in [0.4, 0.5) is 0 Å². The third kappa shape index (κ3) is 5.82. The molecule has 4 rings (SSSR count). The molecule has 3 N–H and O–H groups in total. The van der Waals surface area contributed by atoms with Gasteiger partial charge in [-0.3, -0.25) is 24.4 Å². The number of nitrogens with one attached hydrogen (secondary N) is 2. The molecule has 31 heavy (non-hydrogen) atoms. The molecule has 0 unspecified atom stereocenters. The van der Waals surface area contributed by atoms with Gasteiger partial charge in [-0.05, 0) is 37.2 Å². The number of carbonyl (C=O) groups is 3. The van der Waals surface area contributed by atoms with Gasteiger partial charge in [-0.2, -0.15) is 5.10 Å². The summed E-state index contributed by atoms with van der Waals surface area (Å²) in [7, 11) is 1.60. The fraction of sp³-hybridized carbons (Fsp3) is 0.714. The average molecular weight is 436 g/mol. The molecular formula is C21H33N5O5. The highest BCUT2D eigenvalue weighted by atomic mass is 16.5. The average Bonchev–Trinajstić information content (AvgIpc) is 3.26. The van der Waals surface area contributed by atoms with Crippen LogP contribution in [-0.4, -0.2) is 88.8 Å². The monoisotopic (exact) mass is 435 g/mol. The van der Waals surface area contributed by atoms with Gasteiger partial charge in [0, 0.05) is 64.1 Å². The molecular weight excluding hydrogens is 402 g/mol. The number of nitrogens with zero attached hydrogens (tertiary/aromatic N) is 3. The number of aromatic amines is 1.